The van der Waals surface area contributed by atoms with Crippen molar-refractivity contribution in [1.82, 2.24) is 4.90 Å². The molecule has 0 N–H and O–H groups in total. The van der Waals surface area contributed by atoms with Gasteiger partial charge in [-0.3, -0.25) is 4.90 Å². The first-order valence-electron chi connectivity index (χ1n) is 7.75. The molecule has 124 valence electrons. The van der Waals surface area contributed by atoms with Crippen LogP contribution in [0, 0.1) is 0 Å². The van der Waals surface area contributed by atoms with E-state index in [9.17, 15) is 0 Å². The highest BCUT2D eigenvalue weighted by Gasteiger charge is 2.17. The Morgan fingerprint density at radius 2 is 1.70 bits per heavy atom. The lowest BCUT2D eigenvalue weighted by Gasteiger charge is -2.29. The largest absolute Gasteiger partial charge is 0.493 e. The van der Waals surface area contributed by atoms with Crippen LogP contribution < -0.4 is 9.47 Å². The van der Waals surface area contributed by atoms with E-state index in [2.05, 4.69) is 42.2 Å². The second-order valence-electron chi connectivity index (χ2n) is 5.44. The highest BCUT2D eigenvalue weighted by Crippen LogP contribution is 2.32. The normalized spacial score (nSPS) is 12.2. The van der Waals surface area contributed by atoms with Crippen LogP contribution >= 0.6 is 11.6 Å². The predicted octanol–water partition coefficient (Wildman–Crippen LogP) is 4.51. The van der Waals surface area contributed by atoms with Crippen molar-refractivity contribution in [3.8, 4) is 11.5 Å². The molecule has 0 heterocycles. The van der Waals surface area contributed by atoms with Gasteiger partial charge in [-0.15, -0.1) is 11.6 Å². The Morgan fingerprint density at radius 3 is 2.30 bits per heavy atom. The van der Waals surface area contributed by atoms with Gasteiger partial charge in [0.15, 0.2) is 11.5 Å². The molecule has 3 nitrogen and oxygen atoms in total. The molecule has 2 aromatic rings. The molecule has 0 radical (unpaired) electrons. The average Bonchev–Trinajstić information content (AvgIpc) is 2.61. The van der Waals surface area contributed by atoms with E-state index in [0.29, 0.717) is 5.88 Å². The zero-order valence-corrected chi connectivity index (χ0v) is 14.7. The number of alkyl halides is 1. The molecule has 4 heteroatoms. The van der Waals surface area contributed by atoms with Gasteiger partial charge in [0.25, 0.3) is 0 Å². The summed E-state index contributed by atoms with van der Waals surface area (Å²) in [7, 11) is 3.31. The fraction of sp³-hybridized carbons (Fsp3) is 0.368. The minimum atomic E-state index is 0.230. The lowest BCUT2D eigenvalue weighted by Crippen LogP contribution is -2.28. The molecule has 0 spiro atoms. The first-order chi connectivity index (χ1) is 11.2. The van der Waals surface area contributed by atoms with Crippen LogP contribution in [0.2, 0.25) is 0 Å². The fourth-order valence-electron chi connectivity index (χ4n) is 2.66. The molecule has 1 unspecified atom stereocenters. The number of halogens is 1. The van der Waals surface area contributed by atoms with Crippen LogP contribution in [0.3, 0.4) is 0 Å². The summed E-state index contributed by atoms with van der Waals surface area (Å²) in [5.74, 6) is 2.10. The Kier molecular flexibility index (Phi) is 6.75. The number of ether oxygens (including phenoxy) is 2. The van der Waals surface area contributed by atoms with Gasteiger partial charge in [0.2, 0.25) is 0 Å². The SMILES string of the molecule is COc1ccc(C(C)N(CCCl)Cc2ccccc2)cc1OC. The summed E-state index contributed by atoms with van der Waals surface area (Å²) >= 11 is 6.01. The van der Waals surface area contributed by atoms with Crippen molar-refractivity contribution in [3.05, 3.63) is 59.7 Å². The van der Waals surface area contributed by atoms with E-state index in [1.54, 1.807) is 14.2 Å². The van der Waals surface area contributed by atoms with Gasteiger partial charge in [-0.2, -0.15) is 0 Å². The molecule has 2 aromatic carbocycles. The van der Waals surface area contributed by atoms with Gasteiger partial charge >= 0.3 is 0 Å². The molecule has 0 fully saturated rings. The smallest absolute Gasteiger partial charge is 0.161 e. The van der Waals surface area contributed by atoms with Crippen LogP contribution in [-0.2, 0) is 6.54 Å². The molecule has 0 aromatic heterocycles. The molecule has 0 saturated carbocycles. The van der Waals surface area contributed by atoms with E-state index < -0.39 is 0 Å². The highest BCUT2D eigenvalue weighted by molar-refractivity contribution is 6.18. The van der Waals surface area contributed by atoms with Crippen LogP contribution in [0.15, 0.2) is 48.5 Å². The Morgan fingerprint density at radius 1 is 1.00 bits per heavy atom. The third kappa shape index (κ3) is 4.63. The molecule has 0 aliphatic carbocycles. The van der Waals surface area contributed by atoms with Gasteiger partial charge in [-0.1, -0.05) is 36.4 Å². The lowest BCUT2D eigenvalue weighted by molar-refractivity contribution is 0.214. The first kappa shape index (κ1) is 17.6. The number of hydrogen-bond donors (Lipinski definition) is 0. The van der Waals surface area contributed by atoms with E-state index in [-0.39, 0.29) is 6.04 Å². The monoisotopic (exact) mass is 333 g/mol. The molecule has 2 rings (SSSR count). The maximum atomic E-state index is 6.01. The van der Waals surface area contributed by atoms with E-state index in [4.69, 9.17) is 21.1 Å². The topological polar surface area (TPSA) is 21.7 Å². The van der Waals surface area contributed by atoms with Gasteiger partial charge in [-0.05, 0) is 30.2 Å². The van der Waals surface area contributed by atoms with Crippen LogP contribution in [0.25, 0.3) is 0 Å². The maximum absolute atomic E-state index is 6.01. The van der Waals surface area contributed by atoms with Crippen LogP contribution in [0.4, 0.5) is 0 Å². The highest BCUT2D eigenvalue weighted by atomic mass is 35.5. The van der Waals surface area contributed by atoms with E-state index in [1.807, 2.05) is 18.2 Å². The summed E-state index contributed by atoms with van der Waals surface area (Å²) < 4.78 is 10.7. The van der Waals surface area contributed by atoms with Crippen molar-refractivity contribution in [2.24, 2.45) is 0 Å². The molecular weight excluding hydrogens is 310 g/mol. The number of hydrogen-bond acceptors (Lipinski definition) is 3. The summed E-state index contributed by atoms with van der Waals surface area (Å²) in [6.45, 7) is 3.88. The Balaban J connectivity index is 2.21. The van der Waals surface area contributed by atoms with Crippen molar-refractivity contribution in [3.63, 3.8) is 0 Å². The minimum Gasteiger partial charge on any atom is -0.493 e. The third-order valence-corrected chi connectivity index (χ3v) is 4.21. The van der Waals surface area contributed by atoms with Crippen molar-refractivity contribution < 1.29 is 9.47 Å². The van der Waals surface area contributed by atoms with E-state index in [0.717, 1.165) is 24.6 Å². The summed E-state index contributed by atoms with van der Waals surface area (Å²) in [6, 6.07) is 16.7. The van der Waals surface area contributed by atoms with Crippen LogP contribution in [0.1, 0.15) is 24.1 Å². The fourth-order valence-corrected chi connectivity index (χ4v) is 2.88. The van der Waals surface area contributed by atoms with Gasteiger partial charge in [0, 0.05) is 25.0 Å². The van der Waals surface area contributed by atoms with Crippen molar-refractivity contribution in [1.29, 1.82) is 0 Å². The van der Waals surface area contributed by atoms with E-state index in [1.165, 1.54) is 11.1 Å². The zero-order valence-electron chi connectivity index (χ0n) is 14.0. The van der Waals surface area contributed by atoms with Crippen LogP contribution in [-0.4, -0.2) is 31.5 Å². The number of nitrogens with zero attached hydrogens (tertiary/aromatic N) is 1. The number of benzene rings is 2. The molecule has 0 saturated heterocycles. The number of rotatable bonds is 8. The molecule has 0 aliphatic rings. The standard InChI is InChI=1S/C19H24ClNO2/c1-15(17-9-10-18(22-2)19(13-17)23-3)21(12-11-20)14-16-7-5-4-6-8-16/h4-10,13,15H,11-12,14H2,1-3H3. The van der Waals surface area contributed by atoms with Gasteiger partial charge < -0.3 is 9.47 Å². The second-order valence-corrected chi connectivity index (χ2v) is 5.81. The summed E-state index contributed by atoms with van der Waals surface area (Å²) in [6.07, 6.45) is 0. The van der Waals surface area contributed by atoms with Gasteiger partial charge in [-0.25, -0.2) is 0 Å². The molecule has 23 heavy (non-hydrogen) atoms. The Labute approximate surface area is 143 Å². The van der Waals surface area contributed by atoms with Gasteiger partial charge in [0.1, 0.15) is 0 Å². The zero-order chi connectivity index (χ0) is 16.7. The predicted molar refractivity (Wildman–Crippen MR) is 95.5 cm³/mol. The van der Waals surface area contributed by atoms with Crippen LogP contribution in [0.5, 0.6) is 11.5 Å². The average molecular weight is 334 g/mol. The third-order valence-electron chi connectivity index (χ3n) is 4.04. The lowest BCUT2D eigenvalue weighted by atomic mass is 10.0. The second kappa shape index (κ2) is 8.80. The summed E-state index contributed by atoms with van der Waals surface area (Å²) in [5.41, 5.74) is 2.47. The van der Waals surface area contributed by atoms with Gasteiger partial charge in [0.05, 0.1) is 14.2 Å². The number of methoxy groups -OCH3 is 2. The summed E-state index contributed by atoms with van der Waals surface area (Å²) in [5, 5.41) is 0. The molecule has 1 atom stereocenters. The quantitative estimate of drug-likeness (QED) is 0.664. The minimum absolute atomic E-state index is 0.230. The molecular formula is C19H24ClNO2. The molecule has 0 bridgehead atoms. The Hall–Kier alpha value is -1.71. The Bertz CT molecular complexity index is 604. The molecule has 0 amide bonds. The maximum Gasteiger partial charge on any atom is 0.161 e. The first-order valence-corrected chi connectivity index (χ1v) is 8.29. The van der Waals surface area contributed by atoms with Crippen molar-refractivity contribution in [2.75, 3.05) is 26.6 Å². The van der Waals surface area contributed by atoms with E-state index >= 15 is 0 Å². The summed E-state index contributed by atoms with van der Waals surface area (Å²) in [4.78, 5) is 2.36. The molecule has 0 aliphatic heterocycles. The van der Waals surface area contributed by atoms with Crippen molar-refractivity contribution >= 4 is 11.6 Å². The van der Waals surface area contributed by atoms with Crippen molar-refractivity contribution in [2.45, 2.75) is 19.5 Å².